The molecule has 3 aromatic rings. The Balaban J connectivity index is 1.87. The second-order valence-electron chi connectivity index (χ2n) is 4.81. The van der Waals surface area contributed by atoms with Crippen molar-refractivity contribution in [2.75, 3.05) is 5.32 Å². The summed E-state index contributed by atoms with van der Waals surface area (Å²) in [7, 11) is 0. The Morgan fingerprint density at radius 1 is 1.33 bits per heavy atom. The van der Waals surface area contributed by atoms with Crippen molar-refractivity contribution < 1.29 is 0 Å². The Morgan fingerprint density at radius 3 is 2.95 bits per heavy atom. The SMILES string of the molecule is Cc1cc(=O)n2[nH]c(CNc3cccc(Cl)c3C)nc2n1. The summed E-state index contributed by atoms with van der Waals surface area (Å²) in [6.45, 7) is 4.16. The lowest BCUT2D eigenvalue weighted by molar-refractivity contribution is 0.852. The molecular formula is C14H14ClN5O. The lowest BCUT2D eigenvalue weighted by atomic mass is 10.2. The zero-order valence-corrected chi connectivity index (χ0v) is 12.4. The van der Waals surface area contributed by atoms with Gasteiger partial charge in [-0.05, 0) is 31.5 Å². The van der Waals surface area contributed by atoms with Crippen LogP contribution in [0, 0.1) is 13.8 Å². The van der Waals surface area contributed by atoms with Crippen LogP contribution in [0.25, 0.3) is 5.78 Å². The van der Waals surface area contributed by atoms with E-state index in [0.29, 0.717) is 28.9 Å². The normalized spacial score (nSPS) is 11.0. The molecule has 21 heavy (non-hydrogen) atoms. The number of rotatable bonds is 3. The maximum atomic E-state index is 11.8. The smallest absolute Gasteiger partial charge is 0.274 e. The molecule has 0 saturated heterocycles. The summed E-state index contributed by atoms with van der Waals surface area (Å²) in [6, 6.07) is 7.13. The summed E-state index contributed by atoms with van der Waals surface area (Å²) in [5.41, 5.74) is 2.38. The highest BCUT2D eigenvalue weighted by Crippen LogP contribution is 2.23. The van der Waals surface area contributed by atoms with E-state index in [1.807, 2.05) is 25.1 Å². The number of H-pyrrole nitrogens is 1. The van der Waals surface area contributed by atoms with Gasteiger partial charge < -0.3 is 5.32 Å². The van der Waals surface area contributed by atoms with Crippen molar-refractivity contribution in [2.45, 2.75) is 20.4 Å². The van der Waals surface area contributed by atoms with Gasteiger partial charge in [-0.2, -0.15) is 9.50 Å². The minimum atomic E-state index is -0.171. The van der Waals surface area contributed by atoms with E-state index in [-0.39, 0.29) is 5.56 Å². The summed E-state index contributed by atoms with van der Waals surface area (Å²) < 4.78 is 1.33. The third-order valence-corrected chi connectivity index (χ3v) is 3.63. The molecule has 108 valence electrons. The van der Waals surface area contributed by atoms with E-state index in [9.17, 15) is 4.79 Å². The van der Waals surface area contributed by atoms with E-state index in [1.54, 1.807) is 6.92 Å². The predicted octanol–water partition coefficient (Wildman–Crippen LogP) is 2.30. The molecule has 3 rings (SSSR count). The number of aromatic amines is 1. The van der Waals surface area contributed by atoms with Crippen LogP contribution >= 0.6 is 11.6 Å². The highest BCUT2D eigenvalue weighted by Gasteiger charge is 2.07. The van der Waals surface area contributed by atoms with Gasteiger partial charge in [-0.15, -0.1) is 0 Å². The first-order valence-electron chi connectivity index (χ1n) is 6.49. The second-order valence-corrected chi connectivity index (χ2v) is 5.21. The number of aryl methyl sites for hydroxylation is 1. The number of benzene rings is 1. The molecule has 0 bridgehead atoms. The van der Waals surface area contributed by atoms with Gasteiger partial charge in [-0.25, -0.2) is 4.98 Å². The maximum Gasteiger partial charge on any atom is 0.274 e. The molecule has 0 fully saturated rings. The minimum absolute atomic E-state index is 0.171. The first kappa shape index (κ1) is 13.6. The van der Waals surface area contributed by atoms with Crippen LogP contribution in [0.2, 0.25) is 5.02 Å². The molecule has 0 radical (unpaired) electrons. The molecule has 1 aromatic carbocycles. The average Bonchev–Trinajstić information content (AvgIpc) is 2.83. The van der Waals surface area contributed by atoms with Crippen LogP contribution in [0.1, 0.15) is 17.1 Å². The van der Waals surface area contributed by atoms with Crippen LogP contribution in [0.15, 0.2) is 29.1 Å². The first-order chi connectivity index (χ1) is 10.0. The molecule has 0 aliphatic carbocycles. The number of nitrogens with zero attached hydrogens (tertiary/aromatic N) is 3. The Bertz CT molecular complexity index is 867. The summed E-state index contributed by atoms with van der Waals surface area (Å²) in [5.74, 6) is 1.00. The third-order valence-electron chi connectivity index (χ3n) is 3.22. The standard InChI is InChI=1S/C14H14ClN5O/c1-8-6-13(21)20-14(17-8)18-12(19-20)7-16-11-5-3-4-10(15)9(11)2/h3-6,16H,7H2,1-2H3,(H,17,18,19). The number of hydrogen-bond donors (Lipinski definition) is 2. The fourth-order valence-corrected chi connectivity index (χ4v) is 2.27. The molecular weight excluding hydrogens is 290 g/mol. The quantitative estimate of drug-likeness (QED) is 0.778. The zero-order chi connectivity index (χ0) is 15.0. The van der Waals surface area contributed by atoms with Crippen LogP contribution in [-0.4, -0.2) is 19.6 Å². The van der Waals surface area contributed by atoms with Crippen molar-refractivity contribution in [1.29, 1.82) is 0 Å². The lowest BCUT2D eigenvalue weighted by Gasteiger charge is -2.08. The number of hydrogen-bond acceptors (Lipinski definition) is 4. The molecule has 2 heterocycles. The van der Waals surface area contributed by atoms with Crippen molar-refractivity contribution in [3.8, 4) is 0 Å². The maximum absolute atomic E-state index is 11.8. The zero-order valence-electron chi connectivity index (χ0n) is 11.6. The largest absolute Gasteiger partial charge is 0.378 e. The van der Waals surface area contributed by atoms with Crippen molar-refractivity contribution in [2.24, 2.45) is 0 Å². The van der Waals surface area contributed by atoms with E-state index in [1.165, 1.54) is 10.6 Å². The van der Waals surface area contributed by atoms with Crippen molar-refractivity contribution in [3.05, 3.63) is 56.7 Å². The van der Waals surface area contributed by atoms with Crippen LogP contribution in [0.4, 0.5) is 5.69 Å². The molecule has 2 N–H and O–H groups in total. The number of halogens is 1. The second kappa shape index (κ2) is 5.21. The van der Waals surface area contributed by atoms with Gasteiger partial charge in [-0.1, -0.05) is 17.7 Å². The molecule has 0 aliphatic heterocycles. The van der Waals surface area contributed by atoms with Gasteiger partial charge in [0, 0.05) is 22.5 Å². The van der Waals surface area contributed by atoms with Crippen molar-refractivity contribution in [3.63, 3.8) is 0 Å². The van der Waals surface area contributed by atoms with Gasteiger partial charge >= 0.3 is 0 Å². The highest BCUT2D eigenvalue weighted by molar-refractivity contribution is 6.31. The fourth-order valence-electron chi connectivity index (χ4n) is 2.09. The summed E-state index contributed by atoms with van der Waals surface area (Å²) in [5, 5.41) is 6.88. The lowest BCUT2D eigenvalue weighted by Crippen LogP contribution is -2.14. The Hall–Kier alpha value is -2.34. The van der Waals surface area contributed by atoms with Gasteiger partial charge in [0.2, 0.25) is 0 Å². The third kappa shape index (κ3) is 2.62. The van der Waals surface area contributed by atoms with Crippen LogP contribution < -0.4 is 10.9 Å². The van der Waals surface area contributed by atoms with E-state index in [0.717, 1.165) is 11.3 Å². The van der Waals surface area contributed by atoms with Crippen molar-refractivity contribution in [1.82, 2.24) is 19.6 Å². The molecule has 0 atom stereocenters. The monoisotopic (exact) mass is 303 g/mol. The Kier molecular flexibility index (Phi) is 3.39. The van der Waals surface area contributed by atoms with Crippen LogP contribution in [-0.2, 0) is 6.54 Å². The van der Waals surface area contributed by atoms with Gasteiger partial charge in [0.25, 0.3) is 11.3 Å². The molecule has 7 heteroatoms. The summed E-state index contributed by atoms with van der Waals surface area (Å²) >= 11 is 6.08. The molecule has 0 spiro atoms. The Labute approximate surface area is 125 Å². The van der Waals surface area contributed by atoms with Gasteiger partial charge in [0.1, 0.15) is 5.82 Å². The molecule has 0 saturated carbocycles. The van der Waals surface area contributed by atoms with Gasteiger partial charge in [-0.3, -0.25) is 9.89 Å². The van der Waals surface area contributed by atoms with E-state index in [2.05, 4.69) is 20.4 Å². The first-order valence-corrected chi connectivity index (χ1v) is 6.86. The number of aromatic nitrogens is 4. The molecule has 6 nitrogen and oxygen atoms in total. The summed E-state index contributed by atoms with van der Waals surface area (Å²) in [4.78, 5) is 20.3. The topological polar surface area (TPSA) is 75.1 Å². The molecule has 2 aromatic heterocycles. The van der Waals surface area contributed by atoms with Gasteiger partial charge in [0.05, 0.1) is 6.54 Å². The Morgan fingerprint density at radius 2 is 2.14 bits per heavy atom. The van der Waals surface area contributed by atoms with E-state index >= 15 is 0 Å². The minimum Gasteiger partial charge on any atom is -0.378 e. The summed E-state index contributed by atoms with van der Waals surface area (Å²) in [6.07, 6.45) is 0. The van der Waals surface area contributed by atoms with E-state index < -0.39 is 0 Å². The van der Waals surface area contributed by atoms with Crippen LogP contribution in [0.5, 0.6) is 0 Å². The number of fused-ring (bicyclic) bond motifs is 1. The highest BCUT2D eigenvalue weighted by atomic mass is 35.5. The van der Waals surface area contributed by atoms with Crippen molar-refractivity contribution >= 4 is 23.1 Å². The number of nitrogens with one attached hydrogen (secondary N) is 2. The van der Waals surface area contributed by atoms with E-state index in [4.69, 9.17) is 11.6 Å². The molecule has 0 amide bonds. The fraction of sp³-hybridized carbons (Fsp3) is 0.214. The van der Waals surface area contributed by atoms with Crippen LogP contribution in [0.3, 0.4) is 0 Å². The van der Waals surface area contributed by atoms with Gasteiger partial charge in [0.15, 0.2) is 0 Å². The predicted molar refractivity (Wildman–Crippen MR) is 81.9 cm³/mol. The number of anilines is 1. The molecule has 0 unspecified atom stereocenters. The molecule has 0 aliphatic rings. The average molecular weight is 304 g/mol.